The average molecular weight is 535 g/mol. The molecule has 0 radical (unpaired) electrons. The summed E-state index contributed by atoms with van der Waals surface area (Å²) in [5.74, 6) is -0.283. The molecular weight excluding hydrogens is 512 g/mol. The molecule has 188 valence electrons. The summed E-state index contributed by atoms with van der Waals surface area (Å²) in [6.07, 6.45) is 5.02. The third-order valence-corrected chi connectivity index (χ3v) is 8.69. The summed E-state index contributed by atoms with van der Waals surface area (Å²) in [6.45, 7) is 0. The van der Waals surface area contributed by atoms with E-state index in [0.717, 1.165) is 41.7 Å². The molecule has 37 heavy (non-hydrogen) atoms. The number of hydrogen-bond acceptors (Lipinski definition) is 8. The number of sulfonamides is 1. The molecule has 9 nitrogen and oxygen atoms in total. The second-order valence-corrected chi connectivity index (χ2v) is 11.1. The van der Waals surface area contributed by atoms with Crippen molar-refractivity contribution in [2.45, 2.75) is 30.6 Å². The number of carbonyl (C=O) groups is 1. The van der Waals surface area contributed by atoms with Crippen LogP contribution in [0.25, 0.3) is 11.3 Å². The van der Waals surface area contributed by atoms with Gasteiger partial charge in [0.2, 0.25) is 0 Å². The van der Waals surface area contributed by atoms with Crippen LogP contribution in [0, 0.1) is 11.3 Å². The Labute approximate surface area is 217 Å². The van der Waals surface area contributed by atoms with E-state index in [-0.39, 0.29) is 22.2 Å². The fourth-order valence-corrected chi connectivity index (χ4v) is 6.94. The number of ether oxygens (including phenoxy) is 1. The van der Waals surface area contributed by atoms with Gasteiger partial charge in [0.15, 0.2) is 5.76 Å². The number of thiophene rings is 1. The number of hydrogen-bond donors (Lipinski definition) is 2. The lowest BCUT2D eigenvalue weighted by Gasteiger charge is -2.13. The molecule has 0 saturated heterocycles. The lowest BCUT2D eigenvalue weighted by Crippen LogP contribution is -2.16. The van der Waals surface area contributed by atoms with Crippen LogP contribution in [0.3, 0.4) is 0 Å². The Hall–Kier alpha value is -4.14. The van der Waals surface area contributed by atoms with E-state index < -0.39 is 15.9 Å². The van der Waals surface area contributed by atoms with E-state index in [1.54, 1.807) is 0 Å². The van der Waals surface area contributed by atoms with Gasteiger partial charge >= 0.3 is 5.91 Å². The Balaban J connectivity index is 1.41. The first-order chi connectivity index (χ1) is 17.9. The Kier molecular flexibility index (Phi) is 6.69. The van der Waals surface area contributed by atoms with Crippen molar-refractivity contribution in [3.63, 3.8) is 0 Å². The van der Waals surface area contributed by atoms with Gasteiger partial charge in [-0.05, 0) is 49.4 Å². The van der Waals surface area contributed by atoms with Crippen LogP contribution in [0.4, 0.5) is 10.7 Å². The van der Waals surface area contributed by atoms with E-state index in [1.165, 1.54) is 42.8 Å². The van der Waals surface area contributed by atoms with Crippen LogP contribution in [0.1, 0.15) is 39.5 Å². The summed E-state index contributed by atoms with van der Waals surface area (Å²) in [7, 11) is -2.79. The molecule has 0 saturated carbocycles. The maximum Gasteiger partial charge on any atom is 0.311 e. The zero-order chi connectivity index (χ0) is 26.0. The number of anilines is 2. The van der Waals surface area contributed by atoms with Crippen LogP contribution < -0.4 is 14.8 Å². The standard InChI is InChI=1S/C26H22N4O5S2/c1-34-20-12-11-17(29-24(31)25-28-15-21(35-25)16-7-3-2-4-8-16)13-23(20)37(32,33)30-26-19(14-27)18-9-5-6-10-22(18)36-26/h2-4,7-8,11-13,15,30H,5-6,9-10H2,1H3,(H,29,31). The van der Waals surface area contributed by atoms with Gasteiger partial charge in [-0.3, -0.25) is 9.52 Å². The number of aryl methyl sites for hydroxylation is 1. The molecule has 4 aromatic rings. The van der Waals surface area contributed by atoms with Gasteiger partial charge in [-0.1, -0.05) is 30.3 Å². The maximum atomic E-state index is 13.4. The summed E-state index contributed by atoms with van der Waals surface area (Å²) >= 11 is 1.29. The predicted molar refractivity (Wildman–Crippen MR) is 139 cm³/mol. The molecular formula is C26H22N4O5S2. The highest BCUT2D eigenvalue weighted by Crippen LogP contribution is 2.39. The predicted octanol–water partition coefficient (Wildman–Crippen LogP) is 5.22. The molecule has 0 unspecified atom stereocenters. The monoisotopic (exact) mass is 534 g/mol. The second kappa shape index (κ2) is 10.1. The van der Waals surface area contributed by atoms with Gasteiger partial charge in [-0.15, -0.1) is 11.3 Å². The number of rotatable bonds is 7. The van der Waals surface area contributed by atoms with Crippen LogP contribution in [0.5, 0.6) is 5.75 Å². The minimum atomic E-state index is -4.15. The molecule has 0 spiro atoms. The van der Waals surface area contributed by atoms with Gasteiger partial charge in [-0.2, -0.15) is 5.26 Å². The first-order valence-corrected chi connectivity index (χ1v) is 13.8. The van der Waals surface area contributed by atoms with E-state index in [0.29, 0.717) is 16.3 Å². The Bertz CT molecular complexity index is 1620. The van der Waals surface area contributed by atoms with Crippen molar-refractivity contribution < 1.29 is 22.4 Å². The number of benzene rings is 2. The van der Waals surface area contributed by atoms with E-state index in [2.05, 4.69) is 21.1 Å². The van der Waals surface area contributed by atoms with Crippen molar-refractivity contribution in [2.24, 2.45) is 0 Å². The normalized spacial score (nSPS) is 12.9. The topological polar surface area (TPSA) is 134 Å². The van der Waals surface area contributed by atoms with E-state index >= 15 is 0 Å². The van der Waals surface area contributed by atoms with Gasteiger partial charge < -0.3 is 14.5 Å². The summed E-state index contributed by atoms with van der Waals surface area (Å²) in [4.78, 5) is 17.7. The molecule has 2 aromatic carbocycles. The molecule has 0 aliphatic heterocycles. The number of nitrogens with zero attached hydrogens (tertiary/aromatic N) is 2. The molecule has 2 N–H and O–H groups in total. The SMILES string of the molecule is COc1ccc(NC(=O)c2ncc(-c3ccccc3)o2)cc1S(=O)(=O)Nc1sc2c(c1C#N)CCCC2. The minimum absolute atomic E-state index is 0.0906. The maximum absolute atomic E-state index is 13.4. The summed E-state index contributed by atoms with van der Waals surface area (Å²) in [6, 6.07) is 15.6. The molecule has 0 atom stereocenters. The highest BCUT2D eigenvalue weighted by Gasteiger charge is 2.27. The minimum Gasteiger partial charge on any atom is -0.495 e. The molecule has 1 amide bonds. The second-order valence-electron chi connectivity index (χ2n) is 8.35. The Morgan fingerprint density at radius 1 is 1.16 bits per heavy atom. The molecule has 1 aliphatic rings. The van der Waals surface area contributed by atoms with Crippen molar-refractivity contribution in [3.05, 3.63) is 76.6 Å². The van der Waals surface area contributed by atoms with Crippen LogP contribution in [0.2, 0.25) is 0 Å². The van der Waals surface area contributed by atoms with Crippen LogP contribution >= 0.6 is 11.3 Å². The number of amides is 1. The van der Waals surface area contributed by atoms with Gasteiger partial charge in [0.25, 0.3) is 15.9 Å². The first kappa shape index (κ1) is 24.5. The summed E-state index contributed by atoms with van der Waals surface area (Å²) in [5, 5.41) is 12.6. The number of nitriles is 1. The fourth-order valence-electron chi connectivity index (χ4n) is 4.20. The number of nitrogens with one attached hydrogen (secondary N) is 2. The van der Waals surface area contributed by atoms with Crippen molar-refractivity contribution in [1.29, 1.82) is 5.26 Å². The van der Waals surface area contributed by atoms with Crippen molar-refractivity contribution >= 4 is 38.0 Å². The van der Waals surface area contributed by atoms with Gasteiger partial charge in [0, 0.05) is 16.1 Å². The molecule has 0 bridgehead atoms. The molecule has 0 fully saturated rings. The number of aromatic nitrogens is 1. The third-order valence-electron chi connectivity index (χ3n) is 5.98. The lowest BCUT2D eigenvalue weighted by atomic mass is 9.96. The lowest BCUT2D eigenvalue weighted by molar-refractivity contribution is 0.0991. The highest BCUT2D eigenvalue weighted by atomic mass is 32.2. The Morgan fingerprint density at radius 2 is 1.95 bits per heavy atom. The number of carbonyl (C=O) groups excluding carboxylic acids is 1. The largest absolute Gasteiger partial charge is 0.495 e. The number of methoxy groups -OCH3 is 1. The first-order valence-electron chi connectivity index (χ1n) is 11.5. The molecule has 1 aliphatic carbocycles. The zero-order valence-corrected chi connectivity index (χ0v) is 21.4. The van der Waals surface area contributed by atoms with E-state index in [1.807, 2.05) is 30.3 Å². The molecule has 5 rings (SSSR count). The summed E-state index contributed by atoms with van der Waals surface area (Å²) in [5.41, 5.74) is 2.26. The smallest absolute Gasteiger partial charge is 0.311 e. The summed E-state index contributed by atoms with van der Waals surface area (Å²) < 4.78 is 40.2. The Morgan fingerprint density at radius 3 is 2.70 bits per heavy atom. The fraction of sp³-hybridized carbons (Fsp3) is 0.192. The van der Waals surface area contributed by atoms with Gasteiger partial charge in [0.05, 0.1) is 18.9 Å². The van der Waals surface area contributed by atoms with Crippen LogP contribution in [0.15, 0.2) is 64.0 Å². The molecule has 2 aromatic heterocycles. The van der Waals surface area contributed by atoms with Crippen LogP contribution in [-0.4, -0.2) is 26.4 Å². The van der Waals surface area contributed by atoms with E-state index in [4.69, 9.17) is 9.15 Å². The highest BCUT2D eigenvalue weighted by molar-refractivity contribution is 7.93. The number of fused-ring (bicyclic) bond motifs is 1. The van der Waals surface area contributed by atoms with Gasteiger partial charge in [0.1, 0.15) is 21.7 Å². The van der Waals surface area contributed by atoms with Gasteiger partial charge in [-0.25, -0.2) is 13.4 Å². The van der Waals surface area contributed by atoms with Crippen LogP contribution in [-0.2, 0) is 22.9 Å². The molecule has 2 heterocycles. The zero-order valence-electron chi connectivity index (χ0n) is 19.8. The quantitative estimate of drug-likeness (QED) is 0.332. The van der Waals surface area contributed by atoms with Crippen molar-refractivity contribution in [3.8, 4) is 23.1 Å². The van der Waals surface area contributed by atoms with E-state index in [9.17, 15) is 18.5 Å². The average Bonchev–Trinajstić information content (AvgIpc) is 3.54. The van der Waals surface area contributed by atoms with Crippen molar-refractivity contribution in [1.82, 2.24) is 4.98 Å². The molecule has 11 heteroatoms. The number of oxazole rings is 1. The van der Waals surface area contributed by atoms with Crippen molar-refractivity contribution in [2.75, 3.05) is 17.1 Å². The third kappa shape index (κ3) is 4.94.